The Labute approximate surface area is 170 Å². The quantitative estimate of drug-likeness (QED) is 0.367. The van der Waals surface area contributed by atoms with E-state index in [1.807, 2.05) is 0 Å². The summed E-state index contributed by atoms with van der Waals surface area (Å²) in [7, 11) is 0. The van der Waals surface area contributed by atoms with Crippen LogP contribution in [0.15, 0.2) is 0 Å². The van der Waals surface area contributed by atoms with E-state index in [2.05, 4.69) is 17.1 Å². The monoisotopic (exact) mass is 386 g/mol. The van der Waals surface area contributed by atoms with E-state index in [1.165, 1.54) is 129 Å². The van der Waals surface area contributed by atoms with Crippen molar-refractivity contribution in [2.24, 2.45) is 11.8 Å². The second-order valence-electron chi connectivity index (χ2n) is 8.80. The Morgan fingerprint density at radius 2 is 1.12 bits per heavy atom. The Hall–Kier alpha value is 0.210. The highest BCUT2D eigenvalue weighted by atomic mass is 35.5. The molecule has 0 aliphatic carbocycles. The molecular formula is C23H47ClN2. The van der Waals surface area contributed by atoms with E-state index >= 15 is 0 Å². The number of nitrogens with zero attached hydrogens (tertiary/aromatic N) is 1. The van der Waals surface area contributed by atoms with Crippen molar-refractivity contribution in [3.8, 4) is 0 Å². The normalized spacial score (nSPS) is 20.2. The number of unbranched alkanes of at least 4 members (excludes halogenated alkanes) is 10. The molecule has 0 radical (unpaired) electrons. The molecule has 0 aromatic heterocycles. The van der Waals surface area contributed by atoms with Crippen molar-refractivity contribution in [1.29, 1.82) is 0 Å². The molecule has 2 saturated heterocycles. The van der Waals surface area contributed by atoms with E-state index < -0.39 is 0 Å². The van der Waals surface area contributed by atoms with Crippen molar-refractivity contribution in [3.05, 3.63) is 0 Å². The Balaban J connectivity index is 0.00000338. The van der Waals surface area contributed by atoms with Gasteiger partial charge in [0.05, 0.1) is 0 Å². The highest BCUT2D eigenvalue weighted by molar-refractivity contribution is 5.85. The first-order chi connectivity index (χ1) is 12.4. The number of rotatable bonds is 13. The van der Waals surface area contributed by atoms with Crippen LogP contribution in [0.25, 0.3) is 0 Å². The zero-order valence-electron chi connectivity index (χ0n) is 17.7. The standard InChI is InChI=1S/C23H46N2.ClH/c1-2-3-4-5-6-7-8-9-10-11-12-19-25-20-15-23(16-21-25)22-13-17-24-18-14-22;/h22-24H,2-21H2,1H3;1H. The van der Waals surface area contributed by atoms with Crippen molar-refractivity contribution in [2.75, 3.05) is 32.7 Å². The van der Waals surface area contributed by atoms with Crippen LogP contribution < -0.4 is 5.32 Å². The third kappa shape index (κ3) is 10.5. The van der Waals surface area contributed by atoms with E-state index in [0.717, 1.165) is 11.8 Å². The second kappa shape index (κ2) is 16.2. The zero-order chi connectivity index (χ0) is 17.6. The van der Waals surface area contributed by atoms with Crippen LogP contribution in [-0.4, -0.2) is 37.6 Å². The molecule has 2 nitrogen and oxygen atoms in total. The number of hydrogen-bond donors (Lipinski definition) is 1. The van der Waals surface area contributed by atoms with Gasteiger partial charge in [0.2, 0.25) is 0 Å². The van der Waals surface area contributed by atoms with Crippen LogP contribution in [0.5, 0.6) is 0 Å². The first kappa shape index (κ1) is 24.2. The third-order valence-electron chi connectivity index (χ3n) is 6.76. The maximum Gasteiger partial charge on any atom is -0.00160 e. The summed E-state index contributed by atoms with van der Waals surface area (Å²) in [6.07, 6.45) is 21.9. The van der Waals surface area contributed by atoms with Crippen LogP contribution in [-0.2, 0) is 0 Å². The second-order valence-corrected chi connectivity index (χ2v) is 8.80. The fourth-order valence-electron chi connectivity index (χ4n) is 4.96. The number of likely N-dealkylation sites (tertiary alicyclic amines) is 1. The van der Waals surface area contributed by atoms with Crippen molar-refractivity contribution in [2.45, 2.75) is 103 Å². The molecule has 2 rings (SSSR count). The van der Waals surface area contributed by atoms with Crippen LogP contribution in [0, 0.1) is 11.8 Å². The van der Waals surface area contributed by atoms with Crippen molar-refractivity contribution >= 4 is 12.4 Å². The molecule has 0 aromatic carbocycles. The van der Waals surface area contributed by atoms with E-state index in [4.69, 9.17) is 0 Å². The van der Waals surface area contributed by atoms with E-state index in [-0.39, 0.29) is 12.4 Å². The summed E-state index contributed by atoms with van der Waals surface area (Å²) in [6, 6.07) is 0. The van der Waals surface area contributed by atoms with Gasteiger partial charge in [-0.15, -0.1) is 12.4 Å². The molecule has 1 N–H and O–H groups in total. The van der Waals surface area contributed by atoms with E-state index in [9.17, 15) is 0 Å². The number of nitrogens with one attached hydrogen (secondary N) is 1. The SMILES string of the molecule is CCCCCCCCCCCCCN1CCC(C2CCNCC2)CC1.Cl. The van der Waals surface area contributed by atoms with Crippen molar-refractivity contribution < 1.29 is 0 Å². The van der Waals surface area contributed by atoms with Gasteiger partial charge in [0, 0.05) is 0 Å². The fraction of sp³-hybridized carbons (Fsp3) is 1.00. The molecule has 156 valence electrons. The van der Waals surface area contributed by atoms with Crippen LogP contribution in [0.3, 0.4) is 0 Å². The molecule has 0 amide bonds. The minimum atomic E-state index is 0. The first-order valence-corrected chi connectivity index (χ1v) is 11.8. The Bertz CT molecular complexity index is 297. The van der Waals surface area contributed by atoms with Crippen LogP contribution in [0.1, 0.15) is 103 Å². The molecule has 2 aliphatic heterocycles. The van der Waals surface area contributed by atoms with Crippen LogP contribution in [0.2, 0.25) is 0 Å². The van der Waals surface area contributed by atoms with Gasteiger partial charge in [-0.1, -0.05) is 71.1 Å². The maximum absolute atomic E-state index is 3.52. The summed E-state index contributed by atoms with van der Waals surface area (Å²) < 4.78 is 0. The molecule has 0 atom stereocenters. The molecule has 0 spiro atoms. The van der Waals surface area contributed by atoms with Gasteiger partial charge >= 0.3 is 0 Å². The highest BCUT2D eigenvalue weighted by Gasteiger charge is 2.27. The lowest BCUT2D eigenvalue weighted by Crippen LogP contribution is -2.39. The van der Waals surface area contributed by atoms with Gasteiger partial charge in [-0.05, 0) is 76.7 Å². The lowest BCUT2D eigenvalue weighted by molar-refractivity contribution is 0.129. The molecular weight excluding hydrogens is 340 g/mol. The van der Waals surface area contributed by atoms with Gasteiger partial charge in [0.15, 0.2) is 0 Å². The highest BCUT2D eigenvalue weighted by Crippen LogP contribution is 2.30. The van der Waals surface area contributed by atoms with Gasteiger partial charge in [-0.2, -0.15) is 0 Å². The number of piperidine rings is 2. The van der Waals surface area contributed by atoms with Crippen LogP contribution in [0.4, 0.5) is 0 Å². The topological polar surface area (TPSA) is 15.3 Å². The molecule has 26 heavy (non-hydrogen) atoms. The molecule has 2 heterocycles. The molecule has 0 aromatic rings. The summed E-state index contributed by atoms with van der Waals surface area (Å²) in [5, 5.41) is 3.52. The van der Waals surface area contributed by atoms with Gasteiger partial charge in [-0.3, -0.25) is 0 Å². The maximum atomic E-state index is 3.52. The lowest BCUT2D eigenvalue weighted by atomic mass is 9.79. The average molecular weight is 387 g/mol. The minimum absolute atomic E-state index is 0. The number of hydrogen-bond acceptors (Lipinski definition) is 2. The molecule has 0 saturated carbocycles. The Kier molecular flexibility index (Phi) is 15.1. The molecule has 2 fully saturated rings. The summed E-state index contributed by atoms with van der Waals surface area (Å²) in [4.78, 5) is 2.76. The Morgan fingerprint density at radius 3 is 1.65 bits per heavy atom. The predicted octanol–water partition coefficient (Wildman–Crippen LogP) is 6.43. The third-order valence-corrected chi connectivity index (χ3v) is 6.76. The zero-order valence-corrected chi connectivity index (χ0v) is 18.5. The van der Waals surface area contributed by atoms with Gasteiger partial charge in [0.1, 0.15) is 0 Å². The van der Waals surface area contributed by atoms with Crippen molar-refractivity contribution in [1.82, 2.24) is 10.2 Å². The molecule has 0 unspecified atom stereocenters. The molecule has 0 bridgehead atoms. The smallest absolute Gasteiger partial charge is 0.00160 e. The van der Waals surface area contributed by atoms with E-state index in [1.54, 1.807) is 0 Å². The van der Waals surface area contributed by atoms with Gasteiger partial charge < -0.3 is 10.2 Å². The van der Waals surface area contributed by atoms with Gasteiger partial charge in [0.25, 0.3) is 0 Å². The Morgan fingerprint density at radius 1 is 0.654 bits per heavy atom. The summed E-state index contributed by atoms with van der Waals surface area (Å²) in [6.45, 7) is 8.97. The number of halogens is 1. The first-order valence-electron chi connectivity index (χ1n) is 11.8. The fourth-order valence-corrected chi connectivity index (χ4v) is 4.96. The predicted molar refractivity (Wildman–Crippen MR) is 118 cm³/mol. The van der Waals surface area contributed by atoms with Gasteiger partial charge in [-0.25, -0.2) is 0 Å². The van der Waals surface area contributed by atoms with Crippen molar-refractivity contribution in [3.63, 3.8) is 0 Å². The minimum Gasteiger partial charge on any atom is -0.317 e. The summed E-state index contributed by atoms with van der Waals surface area (Å²) >= 11 is 0. The average Bonchev–Trinajstić information content (AvgIpc) is 2.67. The molecule has 2 aliphatic rings. The summed E-state index contributed by atoms with van der Waals surface area (Å²) in [5.74, 6) is 2.07. The largest absolute Gasteiger partial charge is 0.317 e. The van der Waals surface area contributed by atoms with Crippen LogP contribution >= 0.6 is 12.4 Å². The summed E-state index contributed by atoms with van der Waals surface area (Å²) in [5.41, 5.74) is 0. The van der Waals surface area contributed by atoms with E-state index in [0.29, 0.717) is 0 Å². The molecule has 3 heteroatoms. The lowest BCUT2D eigenvalue weighted by Gasteiger charge is -2.37.